The average molecular weight is 267 g/mol. The van der Waals surface area contributed by atoms with Crippen LogP contribution in [-0.2, 0) is 0 Å². The minimum atomic E-state index is -0.145. The van der Waals surface area contributed by atoms with Gasteiger partial charge in [0.2, 0.25) is 9.97 Å². The molecule has 0 aliphatic rings. The number of rotatable bonds is 4. The van der Waals surface area contributed by atoms with Gasteiger partial charge in [0.15, 0.2) is 5.82 Å². The standard InChI is InChI=1S/C11H17N5OS/c1-6(2)5-12-9(17)10-15-16-8(7(3)4)13-14-11(16)18-10/h6-7H,5H2,1-4H3,(H,12,17). The Morgan fingerprint density at radius 3 is 2.67 bits per heavy atom. The van der Waals surface area contributed by atoms with Crippen molar-refractivity contribution in [2.24, 2.45) is 5.92 Å². The largest absolute Gasteiger partial charge is 0.350 e. The Hall–Kier alpha value is -1.50. The first-order valence-corrected chi connectivity index (χ1v) is 6.81. The molecule has 1 amide bonds. The fourth-order valence-electron chi connectivity index (χ4n) is 1.46. The highest BCUT2D eigenvalue weighted by molar-refractivity contribution is 7.18. The van der Waals surface area contributed by atoms with Gasteiger partial charge < -0.3 is 5.32 Å². The highest BCUT2D eigenvalue weighted by Crippen LogP contribution is 2.18. The van der Waals surface area contributed by atoms with E-state index >= 15 is 0 Å². The molecule has 2 heterocycles. The van der Waals surface area contributed by atoms with Crippen LogP contribution < -0.4 is 5.32 Å². The van der Waals surface area contributed by atoms with Crippen LogP contribution in [0.25, 0.3) is 4.96 Å². The number of aromatic nitrogens is 4. The third-order valence-corrected chi connectivity index (χ3v) is 3.29. The third-order valence-electron chi connectivity index (χ3n) is 2.40. The zero-order valence-electron chi connectivity index (χ0n) is 11.0. The van der Waals surface area contributed by atoms with Crippen molar-refractivity contribution in [1.29, 1.82) is 0 Å². The predicted octanol–water partition coefficient (Wildman–Crippen LogP) is 1.69. The number of nitrogens with one attached hydrogen (secondary N) is 1. The van der Waals surface area contributed by atoms with E-state index < -0.39 is 0 Å². The lowest BCUT2D eigenvalue weighted by atomic mass is 10.2. The molecule has 98 valence electrons. The molecule has 6 nitrogen and oxygen atoms in total. The Morgan fingerprint density at radius 2 is 2.06 bits per heavy atom. The van der Waals surface area contributed by atoms with Crippen LogP contribution in [0.5, 0.6) is 0 Å². The van der Waals surface area contributed by atoms with Crippen LogP contribution in [0.2, 0.25) is 0 Å². The van der Waals surface area contributed by atoms with E-state index in [1.54, 1.807) is 4.52 Å². The lowest BCUT2D eigenvalue weighted by Gasteiger charge is -2.04. The van der Waals surface area contributed by atoms with Crippen molar-refractivity contribution in [3.05, 3.63) is 10.8 Å². The maximum Gasteiger partial charge on any atom is 0.282 e. The van der Waals surface area contributed by atoms with Crippen LogP contribution in [0, 0.1) is 5.92 Å². The number of carbonyl (C=O) groups is 1. The Morgan fingerprint density at radius 1 is 1.33 bits per heavy atom. The molecule has 0 radical (unpaired) electrons. The van der Waals surface area contributed by atoms with Gasteiger partial charge in [-0.1, -0.05) is 39.0 Å². The van der Waals surface area contributed by atoms with Crippen LogP contribution in [0.1, 0.15) is 49.2 Å². The summed E-state index contributed by atoms with van der Waals surface area (Å²) in [5.41, 5.74) is 0. The summed E-state index contributed by atoms with van der Waals surface area (Å²) in [7, 11) is 0. The maximum atomic E-state index is 11.9. The summed E-state index contributed by atoms with van der Waals surface area (Å²) in [5.74, 6) is 1.29. The summed E-state index contributed by atoms with van der Waals surface area (Å²) in [6.45, 7) is 8.80. The van der Waals surface area contributed by atoms with Crippen molar-refractivity contribution in [3.8, 4) is 0 Å². The first-order valence-electron chi connectivity index (χ1n) is 5.99. The van der Waals surface area contributed by atoms with Crippen LogP contribution in [0.3, 0.4) is 0 Å². The van der Waals surface area contributed by atoms with Gasteiger partial charge in [-0.05, 0) is 5.92 Å². The summed E-state index contributed by atoms with van der Waals surface area (Å²) < 4.78 is 1.65. The Labute approximate surface area is 109 Å². The van der Waals surface area contributed by atoms with Gasteiger partial charge in [-0.3, -0.25) is 4.79 Å². The van der Waals surface area contributed by atoms with Crippen LogP contribution >= 0.6 is 11.3 Å². The monoisotopic (exact) mass is 267 g/mol. The van der Waals surface area contributed by atoms with Crippen molar-refractivity contribution < 1.29 is 4.79 Å². The van der Waals surface area contributed by atoms with E-state index in [0.717, 1.165) is 5.82 Å². The Bertz CT molecular complexity index is 557. The number of hydrogen-bond donors (Lipinski definition) is 1. The topological polar surface area (TPSA) is 72.2 Å². The van der Waals surface area contributed by atoms with Gasteiger partial charge in [0, 0.05) is 12.5 Å². The summed E-state index contributed by atoms with van der Waals surface area (Å²) in [6, 6.07) is 0. The molecule has 0 fully saturated rings. The zero-order valence-corrected chi connectivity index (χ0v) is 11.8. The molecule has 0 bridgehead atoms. The zero-order chi connectivity index (χ0) is 13.3. The molecule has 18 heavy (non-hydrogen) atoms. The molecule has 0 saturated heterocycles. The smallest absolute Gasteiger partial charge is 0.282 e. The molecule has 1 N–H and O–H groups in total. The van der Waals surface area contributed by atoms with Crippen molar-refractivity contribution >= 4 is 22.2 Å². The minimum absolute atomic E-state index is 0.145. The fraction of sp³-hybridized carbons (Fsp3) is 0.636. The van der Waals surface area contributed by atoms with Crippen molar-refractivity contribution in [1.82, 2.24) is 25.1 Å². The molecule has 7 heteroatoms. The van der Waals surface area contributed by atoms with Gasteiger partial charge >= 0.3 is 0 Å². The second-order valence-electron chi connectivity index (χ2n) is 4.92. The average Bonchev–Trinajstić information content (AvgIpc) is 2.83. The first kappa shape index (κ1) is 12.9. The molecular weight excluding hydrogens is 250 g/mol. The normalized spacial score (nSPS) is 11.7. The second-order valence-corrected chi connectivity index (χ2v) is 5.87. The maximum absolute atomic E-state index is 11.9. The number of nitrogens with zero attached hydrogens (tertiary/aromatic N) is 4. The first-order chi connectivity index (χ1) is 8.49. The molecule has 0 atom stereocenters. The number of carbonyl (C=O) groups excluding carboxylic acids is 1. The van der Waals surface area contributed by atoms with Crippen LogP contribution in [0.4, 0.5) is 0 Å². The van der Waals surface area contributed by atoms with Gasteiger partial charge in [-0.25, -0.2) is 0 Å². The molecule has 2 aromatic heterocycles. The molecule has 0 aliphatic heterocycles. The van der Waals surface area contributed by atoms with Crippen LogP contribution in [0.15, 0.2) is 0 Å². The van der Waals surface area contributed by atoms with Crippen molar-refractivity contribution in [2.45, 2.75) is 33.6 Å². The van der Waals surface area contributed by atoms with Crippen LogP contribution in [-0.4, -0.2) is 32.3 Å². The van der Waals surface area contributed by atoms with E-state index in [-0.39, 0.29) is 11.8 Å². The van der Waals surface area contributed by atoms with E-state index in [1.807, 2.05) is 13.8 Å². The van der Waals surface area contributed by atoms with E-state index in [1.165, 1.54) is 11.3 Å². The lowest BCUT2D eigenvalue weighted by Crippen LogP contribution is -2.27. The lowest BCUT2D eigenvalue weighted by molar-refractivity contribution is 0.0947. The molecule has 0 aliphatic carbocycles. The molecule has 2 rings (SSSR count). The second kappa shape index (κ2) is 5.01. The fourth-order valence-corrected chi connectivity index (χ4v) is 2.22. The minimum Gasteiger partial charge on any atom is -0.350 e. The molecule has 0 saturated carbocycles. The molecule has 0 aromatic carbocycles. The summed E-state index contributed by atoms with van der Waals surface area (Å²) in [5, 5.41) is 15.6. The molecular formula is C11H17N5OS. The van der Waals surface area contributed by atoms with Crippen molar-refractivity contribution in [3.63, 3.8) is 0 Å². The van der Waals surface area contributed by atoms with Crippen molar-refractivity contribution in [2.75, 3.05) is 6.54 Å². The van der Waals surface area contributed by atoms with E-state index in [9.17, 15) is 4.79 Å². The van der Waals surface area contributed by atoms with E-state index in [2.05, 4.69) is 34.5 Å². The third kappa shape index (κ3) is 2.50. The Kier molecular flexibility index (Phi) is 3.60. The number of fused-ring (bicyclic) bond motifs is 1. The predicted molar refractivity (Wildman–Crippen MR) is 69.9 cm³/mol. The van der Waals surface area contributed by atoms with Gasteiger partial charge in [-0.15, -0.1) is 15.3 Å². The Balaban J connectivity index is 2.22. The highest BCUT2D eigenvalue weighted by Gasteiger charge is 2.18. The number of amides is 1. The SMILES string of the molecule is CC(C)CNC(=O)c1nn2c(C(C)C)nnc2s1. The summed E-state index contributed by atoms with van der Waals surface area (Å²) >= 11 is 1.26. The van der Waals surface area contributed by atoms with Gasteiger partial charge in [0.05, 0.1) is 0 Å². The summed E-state index contributed by atoms with van der Waals surface area (Å²) in [4.78, 5) is 12.5. The van der Waals surface area contributed by atoms with E-state index in [4.69, 9.17) is 0 Å². The van der Waals surface area contributed by atoms with E-state index in [0.29, 0.717) is 22.4 Å². The molecule has 0 unspecified atom stereocenters. The summed E-state index contributed by atoms with van der Waals surface area (Å²) in [6.07, 6.45) is 0. The molecule has 2 aromatic rings. The number of hydrogen-bond acceptors (Lipinski definition) is 5. The highest BCUT2D eigenvalue weighted by atomic mass is 32.1. The van der Waals surface area contributed by atoms with Gasteiger partial charge in [0.25, 0.3) is 5.91 Å². The van der Waals surface area contributed by atoms with Gasteiger partial charge in [-0.2, -0.15) is 4.52 Å². The molecule has 0 spiro atoms. The quantitative estimate of drug-likeness (QED) is 0.915. The van der Waals surface area contributed by atoms with Gasteiger partial charge in [0.1, 0.15) is 0 Å².